The fraction of sp³-hybridized carbons (Fsp3) is 0.529. The van der Waals surface area contributed by atoms with E-state index in [1.807, 2.05) is 26.0 Å². The van der Waals surface area contributed by atoms with Crippen LogP contribution < -0.4 is 11.1 Å². The van der Waals surface area contributed by atoms with Crippen LogP contribution in [0.15, 0.2) is 24.3 Å². The van der Waals surface area contributed by atoms with Crippen LogP contribution in [0.3, 0.4) is 0 Å². The highest BCUT2D eigenvalue weighted by Crippen LogP contribution is 2.24. The summed E-state index contributed by atoms with van der Waals surface area (Å²) in [6, 6.07) is 7.19. The van der Waals surface area contributed by atoms with Gasteiger partial charge in [-0.15, -0.1) is 12.4 Å². The molecule has 0 fully saturated rings. The Morgan fingerprint density at radius 2 is 1.74 bits per heavy atom. The third-order valence-corrected chi connectivity index (χ3v) is 4.30. The standard InChI is InChI=1S/C17H26N2O3.ClH/c1-4-17(5-2,12-18)16(21)19-11-10-13-6-8-14(9-7-13)15(20)22-3;/h6-9H,4-5,10-12,18H2,1-3H3,(H,19,21);1H. The van der Waals surface area contributed by atoms with E-state index in [0.717, 1.165) is 18.4 Å². The zero-order valence-electron chi connectivity index (χ0n) is 14.1. The average molecular weight is 343 g/mol. The maximum Gasteiger partial charge on any atom is 0.337 e. The Bertz CT molecular complexity index is 491. The molecule has 6 heteroatoms. The zero-order valence-corrected chi connectivity index (χ0v) is 14.9. The van der Waals surface area contributed by atoms with Gasteiger partial charge in [-0.2, -0.15) is 0 Å². The molecule has 0 aliphatic heterocycles. The van der Waals surface area contributed by atoms with Crippen molar-refractivity contribution >= 4 is 24.3 Å². The van der Waals surface area contributed by atoms with Crippen molar-refractivity contribution in [3.63, 3.8) is 0 Å². The summed E-state index contributed by atoms with van der Waals surface area (Å²) in [6.07, 6.45) is 2.18. The molecule has 0 aromatic heterocycles. The summed E-state index contributed by atoms with van der Waals surface area (Å²) in [7, 11) is 1.36. The van der Waals surface area contributed by atoms with Crippen molar-refractivity contribution in [3.05, 3.63) is 35.4 Å². The molecule has 0 saturated carbocycles. The molecule has 0 saturated heterocycles. The molecule has 1 aromatic rings. The number of hydrogen-bond acceptors (Lipinski definition) is 4. The smallest absolute Gasteiger partial charge is 0.337 e. The molecule has 0 bridgehead atoms. The highest BCUT2D eigenvalue weighted by atomic mass is 35.5. The Labute approximate surface area is 144 Å². The van der Waals surface area contributed by atoms with E-state index in [1.54, 1.807) is 12.1 Å². The highest BCUT2D eigenvalue weighted by Gasteiger charge is 2.32. The topological polar surface area (TPSA) is 81.4 Å². The van der Waals surface area contributed by atoms with Gasteiger partial charge in [-0.3, -0.25) is 4.79 Å². The van der Waals surface area contributed by atoms with Gasteiger partial charge in [-0.1, -0.05) is 26.0 Å². The first-order chi connectivity index (χ1) is 10.5. The van der Waals surface area contributed by atoms with Gasteiger partial charge in [-0.25, -0.2) is 4.79 Å². The number of benzene rings is 1. The second-order valence-electron chi connectivity index (χ2n) is 5.39. The normalized spacial score (nSPS) is 10.6. The van der Waals surface area contributed by atoms with Crippen molar-refractivity contribution in [1.82, 2.24) is 5.32 Å². The molecule has 130 valence electrons. The third kappa shape index (κ3) is 5.52. The maximum atomic E-state index is 12.3. The second-order valence-corrected chi connectivity index (χ2v) is 5.39. The summed E-state index contributed by atoms with van der Waals surface area (Å²) in [6.45, 7) is 4.89. The molecule has 0 aliphatic rings. The number of carbonyl (C=O) groups excluding carboxylic acids is 2. The molecule has 23 heavy (non-hydrogen) atoms. The highest BCUT2D eigenvalue weighted by molar-refractivity contribution is 5.89. The van der Waals surface area contributed by atoms with E-state index in [0.29, 0.717) is 25.1 Å². The number of esters is 1. The molecule has 0 aliphatic carbocycles. The van der Waals surface area contributed by atoms with Crippen LogP contribution in [0.4, 0.5) is 0 Å². The lowest BCUT2D eigenvalue weighted by molar-refractivity contribution is -0.131. The van der Waals surface area contributed by atoms with E-state index in [1.165, 1.54) is 7.11 Å². The van der Waals surface area contributed by atoms with Crippen LogP contribution in [-0.2, 0) is 16.0 Å². The molecular formula is C17H27ClN2O3. The van der Waals surface area contributed by atoms with E-state index in [9.17, 15) is 9.59 Å². The van der Waals surface area contributed by atoms with Crippen molar-refractivity contribution in [3.8, 4) is 0 Å². The number of nitrogens with one attached hydrogen (secondary N) is 1. The summed E-state index contributed by atoms with van der Waals surface area (Å²) in [5, 5.41) is 2.96. The van der Waals surface area contributed by atoms with Gasteiger partial charge in [0.1, 0.15) is 0 Å². The van der Waals surface area contributed by atoms with E-state index < -0.39 is 5.41 Å². The molecular weight excluding hydrogens is 316 g/mol. The Morgan fingerprint density at radius 1 is 1.17 bits per heavy atom. The summed E-state index contributed by atoms with van der Waals surface area (Å²) in [5.74, 6) is -0.329. The van der Waals surface area contributed by atoms with Crippen LogP contribution >= 0.6 is 12.4 Å². The van der Waals surface area contributed by atoms with E-state index >= 15 is 0 Å². The number of methoxy groups -OCH3 is 1. The number of rotatable bonds is 8. The number of ether oxygens (including phenoxy) is 1. The van der Waals surface area contributed by atoms with Crippen LogP contribution in [0.1, 0.15) is 42.6 Å². The maximum absolute atomic E-state index is 12.3. The van der Waals surface area contributed by atoms with Gasteiger partial charge in [0.25, 0.3) is 0 Å². The fourth-order valence-electron chi connectivity index (χ4n) is 2.39. The number of nitrogens with two attached hydrogens (primary N) is 1. The van der Waals surface area contributed by atoms with Crippen molar-refractivity contribution in [2.24, 2.45) is 11.1 Å². The Balaban J connectivity index is 0.00000484. The average Bonchev–Trinajstić information content (AvgIpc) is 2.57. The summed E-state index contributed by atoms with van der Waals surface area (Å²) in [5.41, 5.74) is 6.88. The molecule has 0 unspecified atom stereocenters. The summed E-state index contributed by atoms with van der Waals surface area (Å²) < 4.78 is 4.66. The number of hydrogen-bond donors (Lipinski definition) is 2. The third-order valence-electron chi connectivity index (χ3n) is 4.30. The lowest BCUT2D eigenvalue weighted by atomic mass is 9.81. The van der Waals surface area contributed by atoms with Crippen molar-refractivity contribution in [1.29, 1.82) is 0 Å². The molecule has 1 rings (SSSR count). The SMILES string of the molecule is CCC(CC)(CN)C(=O)NCCc1ccc(C(=O)OC)cc1.Cl. The molecule has 0 atom stereocenters. The van der Waals surface area contributed by atoms with Crippen molar-refractivity contribution < 1.29 is 14.3 Å². The number of carbonyl (C=O) groups is 2. The number of amides is 1. The van der Waals surface area contributed by atoms with Gasteiger partial charge < -0.3 is 15.8 Å². The lowest BCUT2D eigenvalue weighted by Crippen LogP contribution is -2.45. The van der Waals surface area contributed by atoms with Crippen LogP contribution in [0.5, 0.6) is 0 Å². The first kappa shape index (κ1) is 21.4. The lowest BCUT2D eigenvalue weighted by Gasteiger charge is -2.28. The summed E-state index contributed by atoms with van der Waals surface area (Å²) >= 11 is 0. The van der Waals surface area contributed by atoms with Crippen molar-refractivity contribution in [2.75, 3.05) is 20.2 Å². The van der Waals surface area contributed by atoms with E-state index in [-0.39, 0.29) is 24.3 Å². The largest absolute Gasteiger partial charge is 0.465 e. The minimum atomic E-state index is -0.464. The van der Waals surface area contributed by atoms with E-state index in [2.05, 4.69) is 10.1 Å². The van der Waals surface area contributed by atoms with Crippen LogP contribution in [0.2, 0.25) is 0 Å². The molecule has 0 spiro atoms. The van der Waals surface area contributed by atoms with Gasteiger partial charge in [0.05, 0.1) is 18.1 Å². The van der Waals surface area contributed by atoms with Gasteiger partial charge in [-0.05, 0) is 37.0 Å². The molecule has 5 nitrogen and oxygen atoms in total. The van der Waals surface area contributed by atoms with Crippen LogP contribution in [0.25, 0.3) is 0 Å². The minimum Gasteiger partial charge on any atom is -0.465 e. The number of halogens is 1. The fourth-order valence-corrected chi connectivity index (χ4v) is 2.39. The predicted octanol–water partition coefficient (Wildman–Crippen LogP) is 2.32. The Hall–Kier alpha value is -1.59. The zero-order chi connectivity index (χ0) is 16.6. The molecule has 0 heterocycles. The minimum absolute atomic E-state index is 0. The van der Waals surface area contributed by atoms with E-state index in [4.69, 9.17) is 5.73 Å². The quantitative estimate of drug-likeness (QED) is 0.710. The molecule has 1 amide bonds. The molecule has 0 radical (unpaired) electrons. The molecule has 1 aromatic carbocycles. The monoisotopic (exact) mass is 342 g/mol. The van der Waals surface area contributed by atoms with Gasteiger partial charge >= 0.3 is 5.97 Å². The Kier molecular flexibility index (Phi) is 9.53. The first-order valence-corrected chi connectivity index (χ1v) is 7.68. The summed E-state index contributed by atoms with van der Waals surface area (Å²) in [4.78, 5) is 23.6. The van der Waals surface area contributed by atoms with Gasteiger partial charge in [0, 0.05) is 13.1 Å². The first-order valence-electron chi connectivity index (χ1n) is 7.68. The van der Waals surface area contributed by atoms with Crippen molar-refractivity contribution in [2.45, 2.75) is 33.1 Å². The Morgan fingerprint density at radius 3 is 2.17 bits per heavy atom. The molecule has 3 N–H and O–H groups in total. The van der Waals surface area contributed by atoms with Crippen LogP contribution in [-0.4, -0.2) is 32.1 Å². The van der Waals surface area contributed by atoms with Crippen LogP contribution in [0, 0.1) is 5.41 Å². The van der Waals surface area contributed by atoms with Gasteiger partial charge in [0.15, 0.2) is 0 Å². The second kappa shape index (κ2) is 10.2. The van der Waals surface area contributed by atoms with Gasteiger partial charge in [0.2, 0.25) is 5.91 Å². The predicted molar refractivity (Wildman–Crippen MR) is 93.8 cm³/mol.